The van der Waals surface area contributed by atoms with Crippen LogP contribution in [-0.2, 0) is 22.9 Å². The van der Waals surface area contributed by atoms with Gasteiger partial charge < -0.3 is 4.90 Å². The van der Waals surface area contributed by atoms with Crippen molar-refractivity contribution in [3.63, 3.8) is 0 Å². The molecule has 0 bridgehead atoms. The molecule has 0 aliphatic carbocycles. The first kappa shape index (κ1) is 19.8. The average Bonchev–Trinajstić information content (AvgIpc) is 2.73. The predicted octanol–water partition coefficient (Wildman–Crippen LogP) is 3.52. The van der Waals surface area contributed by atoms with Gasteiger partial charge in [0.05, 0.1) is 16.8 Å². The van der Waals surface area contributed by atoms with Gasteiger partial charge in [-0.05, 0) is 60.4 Å². The Morgan fingerprint density at radius 2 is 1.68 bits per heavy atom. The number of aryl methyl sites for hydroxylation is 1. The van der Waals surface area contributed by atoms with Gasteiger partial charge in [-0.2, -0.15) is 0 Å². The molecule has 28 heavy (non-hydrogen) atoms. The van der Waals surface area contributed by atoms with E-state index in [0.717, 1.165) is 30.8 Å². The van der Waals surface area contributed by atoms with Crippen molar-refractivity contribution in [1.82, 2.24) is 9.97 Å². The molecule has 0 saturated heterocycles. The zero-order chi connectivity index (χ0) is 20.0. The van der Waals surface area contributed by atoms with Crippen LogP contribution in [0.1, 0.15) is 18.1 Å². The average molecular weight is 397 g/mol. The number of hydrogen-bond acceptors (Lipinski definition) is 5. The maximum absolute atomic E-state index is 12.5. The smallest absolute Gasteiger partial charge is 0.261 e. The van der Waals surface area contributed by atoms with Crippen LogP contribution in [-0.4, -0.2) is 32.0 Å². The monoisotopic (exact) mass is 396 g/mol. The number of hydrogen-bond donors (Lipinski definition) is 1. The van der Waals surface area contributed by atoms with Crippen molar-refractivity contribution in [1.29, 1.82) is 0 Å². The topological polar surface area (TPSA) is 75.2 Å². The van der Waals surface area contributed by atoms with Gasteiger partial charge in [-0.1, -0.05) is 19.1 Å². The highest BCUT2D eigenvalue weighted by atomic mass is 32.2. The third-order valence-corrected chi connectivity index (χ3v) is 5.92. The molecule has 146 valence electrons. The van der Waals surface area contributed by atoms with Crippen LogP contribution in [0.5, 0.6) is 0 Å². The van der Waals surface area contributed by atoms with Crippen molar-refractivity contribution in [2.24, 2.45) is 0 Å². The Morgan fingerprint density at radius 3 is 2.29 bits per heavy atom. The van der Waals surface area contributed by atoms with Crippen molar-refractivity contribution in [2.75, 3.05) is 23.2 Å². The van der Waals surface area contributed by atoms with Gasteiger partial charge in [0.25, 0.3) is 10.0 Å². The minimum absolute atomic E-state index is 0.239. The molecule has 3 aromatic rings. The summed E-state index contributed by atoms with van der Waals surface area (Å²) in [6.45, 7) is 2.83. The van der Waals surface area contributed by atoms with Crippen LogP contribution in [0.25, 0.3) is 0 Å². The number of nitrogens with one attached hydrogen (secondary N) is 1. The maximum Gasteiger partial charge on any atom is 0.261 e. The summed E-state index contributed by atoms with van der Waals surface area (Å²) < 4.78 is 27.6. The number of rotatable bonds is 8. The lowest BCUT2D eigenvalue weighted by molar-refractivity contribution is 0.601. The molecule has 0 fully saturated rings. The fourth-order valence-corrected chi connectivity index (χ4v) is 3.79. The summed E-state index contributed by atoms with van der Waals surface area (Å²) >= 11 is 0. The highest BCUT2D eigenvalue weighted by Crippen LogP contribution is 2.18. The van der Waals surface area contributed by atoms with Crippen LogP contribution in [0.15, 0.2) is 72.0 Å². The highest BCUT2D eigenvalue weighted by Gasteiger charge is 2.14. The highest BCUT2D eigenvalue weighted by molar-refractivity contribution is 7.92. The summed E-state index contributed by atoms with van der Waals surface area (Å²) in [6, 6.07) is 14.4. The van der Waals surface area contributed by atoms with Gasteiger partial charge in [0.2, 0.25) is 0 Å². The summed E-state index contributed by atoms with van der Waals surface area (Å²) in [5.74, 6) is 0.782. The van der Waals surface area contributed by atoms with E-state index in [1.807, 2.05) is 49.2 Å². The molecular weight excluding hydrogens is 372 g/mol. The van der Waals surface area contributed by atoms with Crippen molar-refractivity contribution >= 4 is 21.5 Å². The van der Waals surface area contributed by atoms with E-state index in [0.29, 0.717) is 5.69 Å². The van der Waals surface area contributed by atoms with E-state index < -0.39 is 10.0 Å². The third-order valence-electron chi connectivity index (χ3n) is 4.52. The fourth-order valence-electron chi connectivity index (χ4n) is 2.75. The maximum atomic E-state index is 12.5. The first-order valence-corrected chi connectivity index (χ1v) is 10.6. The molecule has 2 aromatic heterocycles. The van der Waals surface area contributed by atoms with Crippen LogP contribution in [0.4, 0.5) is 11.5 Å². The van der Waals surface area contributed by atoms with E-state index in [9.17, 15) is 8.42 Å². The van der Waals surface area contributed by atoms with Gasteiger partial charge in [0.15, 0.2) is 0 Å². The summed E-state index contributed by atoms with van der Waals surface area (Å²) in [4.78, 5) is 10.7. The first-order valence-electron chi connectivity index (χ1n) is 9.16. The molecule has 1 N–H and O–H groups in total. The second kappa shape index (κ2) is 8.84. The van der Waals surface area contributed by atoms with Gasteiger partial charge in [-0.15, -0.1) is 0 Å². The Kier molecular flexibility index (Phi) is 6.26. The van der Waals surface area contributed by atoms with Gasteiger partial charge in [-0.3, -0.25) is 9.71 Å². The second-order valence-corrected chi connectivity index (χ2v) is 8.22. The normalized spacial score (nSPS) is 11.2. The van der Waals surface area contributed by atoms with Gasteiger partial charge in [-0.25, -0.2) is 13.4 Å². The van der Waals surface area contributed by atoms with Crippen LogP contribution >= 0.6 is 0 Å². The zero-order valence-electron chi connectivity index (χ0n) is 16.0. The van der Waals surface area contributed by atoms with Crippen LogP contribution in [0.2, 0.25) is 0 Å². The number of nitrogens with zero attached hydrogens (tertiary/aromatic N) is 3. The molecule has 2 heterocycles. The summed E-state index contributed by atoms with van der Waals surface area (Å²) in [6.07, 6.45) is 6.85. The molecule has 1 aromatic carbocycles. The van der Waals surface area contributed by atoms with Crippen LogP contribution < -0.4 is 9.62 Å². The number of anilines is 2. The minimum Gasteiger partial charge on any atom is -0.359 e. The molecule has 7 heteroatoms. The summed E-state index contributed by atoms with van der Waals surface area (Å²) in [5, 5.41) is 0. The quantitative estimate of drug-likeness (QED) is 0.631. The Bertz CT molecular complexity index is 989. The summed E-state index contributed by atoms with van der Waals surface area (Å²) in [7, 11) is -1.67. The number of pyridine rings is 2. The molecule has 0 aliphatic rings. The van der Waals surface area contributed by atoms with Crippen molar-refractivity contribution in [2.45, 2.75) is 24.7 Å². The summed E-state index contributed by atoms with van der Waals surface area (Å²) in [5.41, 5.74) is 2.74. The zero-order valence-corrected chi connectivity index (χ0v) is 16.9. The Morgan fingerprint density at radius 1 is 0.964 bits per heavy atom. The minimum atomic E-state index is -3.63. The van der Waals surface area contributed by atoms with Crippen LogP contribution in [0, 0.1) is 0 Å². The Balaban J connectivity index is 1.63. The number of sulfonamides is 1. The van der Waals surface area contributed by atoms with E-state index in [1.54, 1.807) is 30.6 Å². The Labute approximate surface area is 166 Å². The lowest BCUT2D eigenvalue weighted by Crippen LogP contribution is -2.21. The van der Waals surface area contributed by atoms with Crippen molar-refractivity contribution in [3.05, 3.63) is 78.2 Å². The molecule has 3 rings (SSSR count). The molecule has 0 amide bonds. The lowest BCUT2D eigenvalue weighted by Gasteiger charge is -2.18. The molecule has 0 unspecified atom stereocenters. The van der Waals surface area contributed by atoms with Gasteiger partial charge in [0.1, 0.15) is 5.82 Å². The van der Waals surface area contributed by atoms with E-state index in [1.165, 1.54) is 11.8 Å². The first-order chi connectivity index (χ1) is 13.5. The molecular formula is C21H24N4O2S. The Hall–Kier alpha value is -2.93. The van der Waals surface area contributed by atoms with E-state index in [4.69, 9.17) is 0 Å². The third kappa shape index (κ3) is 5.07. The van der Waals surface area contributed by atoms with Crippen LogP contribution in [0.3, 0.4) is 0 Å². The fraction of sp³-hybridized carbons (Fsp3) is 0.238. The molecule has 0 aliphatic heterocycles. The van der Waals surface area contributed by atoms with E-state index in [-0.39, 0.29) is 4.90 Å². The van der Waals surface area contributed by atoms with Crippen molar-refractivity contribution in [3.8, 4) is 0 Å². The standard InChI is InChI=1S/C21H24N4O2S/c1-3-17-4-7-20(8-5-17)28(26,27)24-19-6-9-21(23-16-19)25(2)15-12-18-10-13-22-14-11-18/h4-11,13-14,16,24H,3,12,15H2,1-2H3. The number of likely N-dealkylation sites (N-methyl/N-ethyl adjacent to an activating group) is 1. The molecule has 0 radical (unpaired) electrons. The van der Waals surface area contributed by atoms with Crippen molar-refractivity contribution < 1.29 is 8.42 Å². The molecule has 6 nitrogen and oxygen atoms in total. The molecule has 0 atom stereocenters. The second-order valence-electron chi connectivity index (χ2n) is 6.54. The lowest BCUT2D eigenvalue weighted by atomic mass is 10.2. The largest absolute Gasteiger partial charge is 0.359 e. The van der Waals surface area contributed by atoms with E-state index in [2.05, 4.69) is 14.7 Å². The van der Waals surface area contributed by atoms with Gasteiger partial charge >= 0.3 is 0 Å². The van der Waals surface area contributed by atoms with E-state index >= 15 is 0 Å². The SMILES string of the molecule is CCc1ccc(S(=O)(=O)Nc2ccc(N(C)CCc3ccncc3)nc2)cc1. The molecule has 0 saturated carbocycles. The molecule has 0 spiro atoms. The predicted molar refractivity (Wildman–Crippen MR) is 112 cm³/mol. The number of benzene rings is 1. The van der Waals surface area contributed by atoms with Gasteiger partial charge in [0, 0.05) is 26.0 Å². The number of aromatic nitrogens is 2.